The number of carbonyl (C=O) groups is 1. The van der Waals surface area contributed by atoms with Crippen LogP contribution in [-0.4, -0.2) is 20.3 Å². The van der Waals surface area contributed by atoms with Crippen LogP contribution in [0.15, 0.2) is 65.6 Å². The molecule has 0 aliphatic carbocycles. The number of halogens is 1. The Balaban J connectivity index is 1.58. The van der Waals surface area contributed by atoms with Crippen molar-refractivity contribution in [1.82, 2.24) is 19.7 Å². The summed E-state index contributed by atoms with van der Waals surface area (Å²) in [5.41, 5.74) is 3.31. The summed E-state index contributed by atoms with van der Waals surface area (Å²) in [6.45, 7) is 4.56. The highest BCUT2D eigenvalue weighted by Gasteiger charge is 2.17. The molecule has 0 aliphatic rings. The minimum atomic E-state index is -0.300. The number of aryl methyl sites for hydroxylation is 2. The van der Waals surface area contributed by atoms with Gasteiger partial charge in [0.25, 0.3) is 5.56 Å². The summed E-state index contributed by atoms with van der Waals surface area (Å²) in [6.07, 6.45) is 1.63. The van der Waals surface area contributed by atoms with Gasteiger partial charge in [0.15, 0.2) is 0 Å². The van der Waals surface area contributed by atoms with E-state index in [2.05, 4.69) is 10.4 Å². The summed E-state index contributed by atoms with van der Waals surface area (Å²) in [4.78, 5) is 25.4. The summed E-state index contributed by atoms with van der Waals surface area (Å²) in [5.74, 6) is -0.564. The Morgan fingerprint density at radius 3 is 2.42 bits per heavy atom. The number of aromatic nitrogens is 3. The lowest BCUT2D eigenvalue weighted by Crippen LogP contribution is -2.33. The summed E-state index contributed by atoms with van der Waals surface area (Å²) in [7, 11) is 0. The van der Waals surface area contributed by atoms with Crippen molar-refractivity contribution >= 4 is 16.7 Å². The maximum atomic E-state index is 13.2. The van der Waals surface area contributed by atoms with E-state index in [0.29, 0.717) is 18.5 Å². The quantitative estimate of drug-likeness (QED) is 0.522. The second-order valence-corrected chi connectivity index (χ2v) is 7.54. The van der Waals surface area contributed by atoms with Gasteiger partial charge in [0, 0.05) is 29.9 Å². The largest absolute Gasteiger partial charge is 0.350 e. The van der Waals surface area contributed by atoms with Crippen molar-refractivity contribution in [1.29, 1.82) is 0 Å². The fourth-order valence-corrected chi connectivity index (χ4v) is 3.76. The Labute approximate surface area is 178 Å². The Kier molecular flexibility index (Phi) is 5.66. The van der Waals surface area contributed by atoms with Crippen molar-refractivity contribution in [3.05, 3.63) is 99.5 Å². The van der Waals surface area contributed by atoms with Gasteiger partial charge in [-0.15, -0.1) is 0 Å². The lowest BCUT2D eigenvalue weighted by atomic mass is 10.2. The number of amides is 1. The second-order valence-electron chi connectivity index (χ2n) is 7.54. The van der Waals surface area contributed by atoms with Crippen LogP contribution >= 0.6 is 0 Å². The molecule has 0 spiro atoms. The SMILES string of the molecule is Cc1c2cnn(CC(=O)NCc3ccccc3)c(=O)c2c(C)n1Cc1ccc(F)cc1. The molecule has 0 atom stereocenters. The number of benzene rings is 2. The van der Waals surface area contributed by atoms with Gasteiger partial charge in [0.1, 0.15) is 12.4 Å². The zero-order chi connectivity index (χ0) is 22.0. The molecule has 1 N–H and O–H groups in total. The molecule has 2 aromatic carbocycles. The van der Waals surface area contributed by atoms with E-state index in [-0.39, 0.29) is 23.8 Å². The normalized spacial score (nSPS) is 11.1. The van der Waals surface area contributed by atoms with Crippen LogP contribution in [0.3, 0.4) is 0 Å². The zero-order valence-electron chi connectivity index (χ0n) is 17.4. The Morgan fingerprint density at radius 2 is 1.71 bits per heavy atom. The molecule has 0 radical (unpaired) electrons. The first kappa shape index (κ1) is 20.5. The molecule has 0 fully saturated rings. The predicted octanol–water partition coefficient (Wildman–Crippen LogP) is 3.32. The molecular weight excluding hydrogens is 395 g/mol. The number of nitrogens with zero attached hydrogens (tertiary/aromatic N) is 3. The second kappa shape index (κ2) is 8.55. The van der Waals surface area contributed by atoms with E-state index in [1.165, 1.54) is 16.8 Å². The molecule has 2 aromatic heterocycles. The molecule has 158 valence electrons. The molecule has 0 aliphatic heterocycles. The molecule has 1 amide bonds. The topological polar surface area (TPSA) is 68.9 Å². The van der Waals surface area contributed by atoms with Crippen molar-refractivity contribution in [2.45, 2.75) is 33.5 Å². The van der Waals surface area contributed by atoms with Gasteiger partial charge in [0.05, 0.1) is 11.6 Å². The molecular formula is C24H23FN4O2. The smallest absolute Gasteiger partial charge is 0.276 e. The number of nitrogens with one attached hydrogen (secondary N) is 1. The fourth-order valence-electron chi connectivity index (χ4n) is 3.76. The lowest BCUT2D eigenvalue weighted by molar-refractivity contribution is -0.122. The van der Waals surface area contributed by atoms with Crippen molar-refractivity contribution in [3.8, 4) is 0 Å². The lowest BCUT2D eigenvalue weighted by Gasteiger charge is -2.09. The van der Waals surface area contributed by atoms with Gasteiger partial charge in [0.2, 0.25) is 5.91 Å². The first-order chi connectivity index (χ1) is 14.9. The van der Waals surface area contributed by atoms with Gasteiger partial charge in [-0.25, -0.2) is 9.07 Å². The first-order valence-electron chi connectivity index (χ1n) is 10.0. The molecule has 2 heterocycles. The van der Waals surface area contributed by atoms with Gasteiger partial charge in [-0.1, -0.05) is 42.5 Å². The summed E-state index contributed by atoms with van der Waals surface area (Å²) < 4.78 is 16.4. The monoisotopic (exact) mass is 418 g/mol. The van der Waals surface area contributed by atoms with Crippen molar-refractivity contribution in [2.24, 2.45) is 0 Å². The Hall–Kier alpha value is -3.74. The first-order valence-corrected chi connectivity index (χ1v) is 10.0. The molecule has 0 bridgehead atoms. The highest BCUT2D eigenvalue weighted by Crippen LogP contribution is 2.23. The highest BCUT2D eigenvalue weighted by atomic mass is 19.1. The van der Waals surface area contributed by atoms with Gasteiger partial charge in [-0.2, -0.15) is 5.10 Å². The third-order valence-corrected chi connectivity index (χ3v) is 5.49. The number of fused-ring (bicyclic) bond motifs is 1. The molecule has 4 rings (SSSR count). The van der Waals surface area contributed by atoms with E-state index in [4.69, 9.17) is 0 Å². The minimum absolute atomic E-state index is 0.150. The third-order valence-electron chi connectivity index (χ3n) is 5.49. The summed E-state index contributed by atoms with van der Waals surface area (Å²) in [6, 6.07) is 15.9. The number of hydrogen-bond acceptors (Lipinski definition) is 3. The average molecular weight is 418 g/mol. The van der Waals surface area contributed by atoms with E-state index in [1.54, 1.807) is 18.3 Å². The molecule has 0 saturated carbocycles. The van der Waals surface area contributed by atoms with Gasteiger partial charge in [-0.05, 0) is 37.1 Å². The molecule has 0 saturated heterocycles. The number of carbonyl (C=O) groups excluding carboxylic acids is 1. The van der Waals surface area contributed by atoms with Crippen LogP contribution in [0.1, 0.15) is 22.5 Å². The van der Waals surface area contributed by atoms with E-state index in [0.717, 1.165) is 27.9 Å². The fraction of sp³-hybridized carbons (Fsp3) is 0.208. The maximum Gasteiger partial charge on any atom is 0.276 e. The minimum Gasteiger partial charge on any atom is -0.350 e. The molecule has 7 heteroatoms. The average Bonchev–Trinajstić information content (AvgIpc) is 3.01. The van der Waals surface area contributed by atoms with Crippen molar-refractivity contribution in [3.63, 3.8) is 0 Å². The van der Waals surface area contributed by atoms with E-state index < -0.39 is 0 Å². The molecule has 4 aromatic rings. The van der Waals surface area contributed by atoms with Crippen LogP contribution in [0.5, 0.6) is 0 Å². The van der Waals surface area contributed by atoms with Gasteiger partial charge >= 0.3 is 0 Å². The van der Waals surface area contributed by atoms with Gasteiger partial charge in [-0.3, -0.25) is 9.59 Å². The third kappa shape index (κ3) is 4.26. The standard InChI is InChI=1S/C24H23FN4O2/c1-16-21-13-27-29(15-22(30)26-12-18-6-4-3-5-7-18)24(31)23(21)17(2)28(16)14-19-8-10-20(25)11-9-19/h3-11,13H,12,14-15H2,1-2H3,(H,26,30). The van der Waals surface area contributed by atoms with Gasteiger partial charge < -0.3 is 9.88 Å². The van der Waals surface area contributed by atoms with Crippen LogP contribution in [0.25, 0.3) is 10.8 Å². The maximum absolute atomic E-state index is 13.2. The van der Waals surface area contributed by atoms with E-state index in [9.17, 15) is 14.0 Å². The van der Waals surface area contributed by atoms with Crippen molar-refractivity contribution in [2.75, 3.05) is 0 Å². The van der Waals surface area contributed by atoms with Crippen LogP contribution in [0, 0.1) is 19.7 Å². The van der Waals surface area contributed by atoms with E-state index in [1.807, 2.05) is 48.7 Å². The Bertz CT molecular complexity index is 1290. The summed E-state index contributed by atoms with van der Waals surface area (Å²) in [5, 5.41) is 8.33. The number of hydrogen-bond donors (Lipinski definition) is 1. The predicted molar refractivity (Wildman–Crippen MR) is 117 cm³/mol. The van der Waals surface area contributed by atoms with Crippen LogP contribution in [0.4, 0.5) is 4.39 Å². The van der Waals surface area contributed by atoms with Crippen LogP contribution in [-0.2, 0) is 24.4 Å². The van der Waals surface area contributed by atoms with E-state index >= 15 is 0 Å². The molecule has 0 unspecified atom stereocenters. The Morgan fingerprint density at radius 1 is 1.00 bits per heavy atom. The van der Waals surface area contributed by atoms with Crippen molar-refractivity contribution < 1.29 is 9.18 Å². The zero-order valence-corrected chi connectivity index (χ0v) is 17.4. The summed E-state index contributed by atoms with van der Waals surface area (Å²) >= 11 is 0. The van der Waals surface area contributed by atoms with Crippen LogP contribution < -0.4 is 10.9 Å². The number of rotatable bonds is 6. The molecule has 6 nitrogen and oxygen atoms in total. The van der Waals surface area contributed by atoms with Crippen LogP contribution in [0.2, 0.25) is 0 Å². The molecule has 31 heavy (non-hydrogen) atoms. The highest BCUT2D eigenvalue weighted by molar-refractivity contribution is 5.87.